The van der Waals surface area contributed by atoms with Gasteiger partial charge < -0.3 is 19.9 Å². The molecule has 0 amide bonds. The van der Waals surface area contributed by atoms with Gasteiger partial charge in [-0.05, 0) is 6.42 Å². The highest BCUT2D eigenvalue weighted by Gasteiger charge is 2.46. The van der Waals surface area contributed by atoms with Crippen molar-refractivity contribution in [2.75, 3.05) is 14.2 Å². The van der Waals surface area contributed by atoms with Crippen LogP contribution >= 0.6 is 0 Å². The van der Waals surface area contributed by atoms with E-state index in [1.807, 2.05) is 0 Å². The van der Waals surface area contributed by atoms with E-state index in [0.717, 1.165) is 12.1 Å². The predicted octanol–water partition coefficient (Wildman–Crippen LogP) is 1.35. The summed E-state index contributed by atoms with van der Waals surface area (Å²) in [6, 6.07) is 2.07. The summed E-state index contributed by atoms with van der Waals surface area (Å²) in [5, 5.41) is 13.1. The normalized spacial score (nSPS) is 24.7. The summed E-state index contributed by atoms with van der Waals surface area (Å²) in [6.45, 7) is 4.73. The summed E-state index contributed by atoms with van der Waals surface area (Å²) < 4.78 is 10.6. The van der Waals surface area contributed by atoms with Crippen LogP contribution < -0.4 is 14.8 Å². The van der Waals surface area contributed by atoms with Gasteiger partial charge in [0, 0.05) is 30.3 Å². The maximum absolute atomic E-state index is 9.73. The van der Waals surface area contributed by atoms with Gasteiger partial charge in [-0.3, -0.25) is 4.98 Å². The van der Waals surface area contributed by atoms with E-state index in [2.05, 4.69) is 24.1 Å². The number of nitrogens with one attached hydrogen (secondary N) is 1. The zero-order valence-corrected chi connectivity index (χ0v) is 11.9. The second-order valence-corrected chi connectivity index (χ2v) is 5.50. The van der Waals surface area contributed by atoms with Gasteiger partial charge in [0.2, 0.25) is 0 Å². The van der Waals surface area contributed by atoms with Gasteiger partial charge in [-0.2, -0.15) is 0 Å². The smallest absolute Gasteiger partial charge is 0.183 e. The van der Waals surface area contributed by atoms with Crippen LogP contribution in [0.4, 0.5) is 0 Å². The molecule has 2 rings (SSSR count). The second-order valence-electron chi connectivity index (χ2n) is 5.50. The van der Waals surface area contributed by atoms with E-state index in [4.69, 9.17) is 9.47 Å². The number of pyridine rings is 1. The molecule has 2 atom stereocenters. The molecular formula is C14H22N2O3. The summed E-state index contributed by atoms with van der Waals surface area (Å²) in [4.78, 5) is 4.33. The molecular weight excluding hydrogens is 244 g/mol. The minimum Gasteiger partial charge on any atom is -0.493 e. The molecule has 1 aromatic heterocycles. The Labute approximate surface area is 114 Å². The Morgan fingerprint density at radius 1 is 1.42 bits per heavy atom. The number of methoxy groups -OCH3 is 2. The molecule has 1 aromatic rings. The van der Waals surface area contributed by atoms with Crippen LogP contribution in [0.15, 0.2) is 12.3 Å². The zero-order valence-electron chi connectivity index (χ0n) is 11.9. The number of nitrogens with zero attached hydrogens (tertiary/aromatic N) is 1. The van der Waals surface area contributed by atoms with E-state index in [9.17, 15) is 5.11 Å². The summed E-state index contributed by atoms with van der Waals surface area (Å²) in [7, 11) is 3.22. The molecule has 2 N–H and O–H groups in total. The number of hydrogen-bond donors (Lipinski definition) is 2. The first-order valence-corrected chi connectivity index (χ1v) is 6.48. The van der Waals surface area contributed by atoms with Gasteiger partial charge in [-0.25, -0.2) is 0 Å². The van der Waals surface area contributed by atoms with Crippen LogP contribution in [0.2, 0.25) is 0 Å². The van der Waals surface area contributed by atoms with Gasteiger partial charge >= 0.3 is 0 Å². The van der Waals surface area contributed by atoms with Crippen molar-refractivity contribution in [1.29, 1.82) is 0 Å². The monoisotopic (exact) mass is 266 g/mol. The molecule has 0 saturated heterocycles. The molecule has 0 aromatic carbocycles. The molecule has 0 aliphatic heterocycles. The summed E-state index contributed by atoms with van der Waals surface area (Å²) >= 11 is 0. The maximum atomic E-state index is 9.73. The van der Waals surface area contributed by atoms with Crippen molar-refractivity contribution in [1.82, 2.24) is 10.3 Å². The molecule has 2 unspecified atom stereocenters. The fourth-order valence-electron chi connectivity index (χ4n) is 2.45. The zero-order chi connectivity index (χ0) is 14.0. The highest BCUT2D eigenvalue weighted by molar-refractivity contribution is 5.42. The minimum atomic E-state index is -0.231. The number of ether oxygens (including phenoxy) is 2. The van der Waals surface area contributed by atoms with Crippen molar-refractivity contribution in [3.63, 3.8) is 0 Å². The van der Waals surface area contributed by atoms with Crippen LogP contribution in [0.3, 0.4) is 0 Å². The SMILES string of the molecule is COc1ccnc(CNC2CC(O)C2(C)C)c1OC. The predicted molar refractivity (Wildman–Crippen MR) is 72.4 cm³/mol. The van der Waals surface area contributed by atoms with Gasteiger partial charge in [0.25, 0.3) is 0 Å². The molecule has 0 radical (unpaired) electrons. The molecule has 0 spiro atoms. The molecule has 1 fully saturated rings. The molecule has 1 aliphatic rings. The lowest BCUT2D eigenvalue weighted by Crippen LogP contribution is -2.59. The third-order valence-corrected chi connectivity index (χ3v) is 4.10. The van der Waals surface area contributed by atoms with E-state index in [0.29, 0.717) is 24.1 Å². The topological polar surface area (TPSA) is 63.6 Å². The second kappa shape index (κ2) is 5.35. The molecule has 5 heteroatoms. The van der Waals surface area contributed by atoms with Crippen LogP contribution in [0.5, 0.6) is 11.5 Å². The first-order valence-electron chi connectivity index (χ1n) is 6.48. The largest absolute Gasteiger partial charge is 0.493 e. The Balaban J connectivity index is 2.04. The molecule has 5 nitrogen and oxygen atoms in total. The van der Waals surface area contributed by atoms with Crippen molar-refractivity contribution in [3.8, 4) is 11.5 Å². The third kappa shape index (κ3) is 2.53. The van der Waals surface area contributed by atoms with Gasteiger partial charge in [-0.15, -0.1) is 0 Å². The van der Waals surface area contributed by atoms with E-state index in [1.54, 1.807) is 26.5 Å². The van der Waals surface area contributed by atoms with E-state index in [-0.39, 0.29) is 11.5 Å². The van der Waals surface area contributed by atoms with E-state index in [1.165, 1.54) is 0 Å². The average Bonchev–Trinajstić information content (AvgIpc) is 2.42. The highest BCUT2D eigenvalue weighted by atomic mass is 16.5. The number of hydrogen-bond acceptors (Lipinski definition) is 5. The van der Waals surface area contributed by atoms with Crippen molar-refractivity contribution in [2.45, 2.75) is 39.0 Å². The first-order chi connectivity index (χ1) is 9.00. The number of rotatable bonds is 5. The Hall–Kier alpha value is -1.33. The lowest BCUT2D eigenvalue weighted by atomic mass is 9.64. The van der Waals surface area contributed by atoms with Crippen molar-refractivity contribution in [2.24, 2.45) is 5.41 Å². The fraction of sp³-hybridized carbons (Fsp3) is 0.643. The van der Waals surface area contributed by atoms with Gasteiger partial charge in [0.15, 0.2) is 11.5 Å². The lowest BCUT2D eigenvalue weighted by molar-refractivity contribution is -0.0731. The van der Waals surface area contributed by atoms with Crippen molar-refractivity contribution in [3.05, 3.63) is 18.0 Å². The van der Waals surface area contributed by atoms with Crippen LogP contribution in [-0.2, 0) is 6.54 Å². The Morgan fingerprint density at radius 3 is 2.68 bits per heavy atom. The molecule has 1 aliphatic carbocycles. The van der Waals surface area contributed by atoms with Crippen LogP contribution in [-0.4, -0.2) is 36.5 Å². The van der Waals surface area contributed by atoms with Crippen molar-refractivity contribution >= 4 is 0 Å². The molecule has 106 valence electrons. The fourth-order valence-corrected chi connectivity index (χ4v) is 2.45. The van der Waals surface area contributed by atoms with E-state index >= 15 is 0 Å². The number of aromatic nitrogens is 1. The van der Waals surface area contributed by atoms with Crippen LogP contribution in [0.1, 0.15) is 26.0 Å². The Bertz CT molecular complexity index is 448. The van der Waals surface area contributed by atoms with Gasteiger partial charge in [0.1, 0.15) is 0 Å². The Kier molecular flexibility index (Phi) is 3.96. The van der Waals surface area contributed by atoms with Gasteiger partial charge in [-0.1, -0.05) is 13.8 Å². The van der Waals surface area contributed by atoms with Gasteiger partial charge in [0.05, 0.1) is 26.0 Å². The third-order valence-electron chi connectivity index (χ3n) is 4.10. The maximum Gasteiger partial charge on any atom is 0.183 e. The average molecular weight is 266 g/mol. The molecule has 1 heterocycles. The lowest BCUT2D eigenvalue weighted by Gasteiger charge is -2.49. The number of aliphatic hydroxyl groups is 1. The Morgan fingerprint density at radius 2 is 2.16 bits per heavy atom. The molecule has 0 bridgehead atoms. The minimum absolute atomic E-state index is 0.0912. The number of aliphatic hydroxyl groups excluding tert-OH is 1. The molecule has 19 heavy (non-hydrogen) atoms. The van der Waals surface area contributed by atoms with E-state index < -0.39 is 0 Å². The summed E-state index contributed by atoms with van der Waals surface area (Å²) in [5.74, 6) is 1.34. The first kappa shape index (κ1) is 14.1. The van der Waals surface area contributed by atoms with Crippen LogP contribution in [0.25, 0.3) is 0 Å². The standard InChI is InChI=1S/C14H22N2O3/c1-14(2)11(7-12(14)17)16-8-9-13(19-4)10(18-3)5-6-15-9/h5-6,11-12,16-17H,7-8H2,1-4H3. The van der Waals surface area contributed by atoms with Crippen LogP contribution in [0, 0.1) is 5.41 Å². The van der Waals surface area contributed by atoms with Crippen molar-refractivity contribution < 1.29 is 14.6 Å². The molecule has 1 saturated carbocycles. The summed E-state index contributed by atoms with van der Waals surface area (Å²) in [5.41, 5.74) is 0.727. The highest BCUT2D eigenvalue weighted by Crippen LogP contribution is 2.40. The quantitative estimate of drug-likeness (QED) is 0.842. The summed E-state index contributed by atoms with van der Waals surface area (Å²) in [6.07, 6.45) is 2.25.